The van der Waals surface area contributed by atoms with Crippen LogP contribution in [-0.4, -0.2) is 32.5 Å². The fourth-order valence-corrected chi connectivity index (χ4v) is 3.45. The van der Waals surface area contributed by atoms with E-state index in [2.05, 4.69) is 11.4 Å². The molecule has 0 aromatic heterocycles. The summed E-state index contributed by atoms with van der Waals surface area (Å²) in [5, 5.41) is 3.45. The van der Waals surface area contributed by atoms with E-state index < -0.39 is 0 Å². The maximum Gasteiger partial charge on any atom is 0.124 e. The monoisotopic (exact) mass is 419 g/mol. The summed E-state index contributed by atoms with van der Waals surface area (Å²) in [6.45, 7) is 3.13. The minimum atomic E-state index is 0.229. The lowest BCUT2D eigenvalue weighted by Crippen LogP contribution is -2.16. The van der Waals surface area contributed by atoms with Crippen molar-refractivity contribution >= 4 is 5.69 Å². The molecule has 0 aliphatic carbocycles. The summed E-state index contributed by atoms with van der Waals surface area (Å²) in [5.74, 6) is 2.58. The van der Waals surface area contributed by atoms with E-state index in [4.69, 9.17) is 18.9 Å². The van der Waals surface area contributed by atoms with Gasteiger partial charge in [-0.05, 0) is 55.3 Å². The minimum absolute atomic E-state index is 0.229. The molecule has 3 aromatic rings. The van der Waals surface area contributed by atoms with E-state index in [0.717, 1.165) is 47.9 Å². The highest BCUT2D eigenvalue weighted by Gasteiger charge is 2.15. The summed E-state index contributed by atoms with van der Waals surface area (Å²) >= 11 is 0. The zero-order valence-corrected chi connectivity index (χ0v) is 17.7. The SMILES string of the molecule is c1ccc(OCCOc2ccccc2CNc2ccc(OCC3CCCO3)cc2)cc1. The number of benzene rings is 3. The Morgan fingerprint density at radius 2 is 1.52 bits per heavy atom. The Bertz CT molecular complexity index is 908. The third kappa shape index (κ3) is 6.66. The summed E-state index contributed by atoms with van der Waals surface area (Å²) in [5.41, 5.74) is 2.13. The zero-order valence-electron chi connectivity index (χ0n) is 17.7. The molecule has 0 radical (unpaired) electrons. The Labute approximate surface area is 183 Å². The molecule has 1 aliphatic heterocycles. The van der Waals surface area contributed by atoms with Crippen molar-refractivity contribution in [3.05, 3.63) is 84.4 Å². The molecule has 1 atom stereocenters. The lowest BCUT2D eigenvalue weighted by atomic mass is 10.2. The molecule has 0 bridgehead atoms. The van der Waals surface area contributed by atoms with Crippen molar-refractivity contribution in [1.82, 2.24) is 0 Å². The van der Waals surface area contributed by atoms with Gasteiger partial charge in [0.15, 0.2) is 0 Å². The number of ether oxygens (including phenoxy) is 4. The van der Waals surface area contributed by atoms with E-state index in [1.54, 1.807) is 0 Å². The van der Waals surface area contributed by atoms with Gasteiger partial charge in [-0.1, -0.05) is 36.4 Å². The summed E-state index contributed by atoms with van der Waals surface area (Å²) < 4.78 is 23.1. The quantitative estimate of drug-likeness (QED) is 0.427. The van der Waals surface area contributed by atoms with Crippen molar-refractivity contribution in [3.63, 3.8) is 0 Å². The second kappa shape index (κ2) is 11.3. The molecule has 1 N–H and O–H groups in total. The first-order valence-corrected chi connectivity index (χ1v) is 10.8. The van der Waals surface area contributed by atoms with Gasteiger partial charge in [0.1, 0.15) is 37.1 Å². The first-order chi connectivity index (χ1) is 15.4. The first-order valence-electron chi connectivity index (χ1n) is 10.8. The highest BCUT2D eigenvalue weighted by Crippen LogP contribution is 2.22. The number of para-hydroxylation sites is 2. The summed E-state index contributed by atoms with van der Waals surface area (Å²) in [4.78, 5) is 0. The summed E-state index contributed by atoms with van der Waals surface area (Å²) in [7, 11) is 0. The highest BCUT2D eigenvalue weighted by molar-refractivity contribution is 5.48. The van der Waals surface area contributed by atoms with Crippen LogP contribution in [0.3, 0.4) is 0 Å². The first kappa shape index (κ1) is 21.1. The van der Waals surface area contributed by atoms with Gasteiger partial charge in [0.2, 0.25) is 0 Å². The molecule has 5 heteroatoms. The number of anilines is 1. The average molecular weight is 420 g/mol. The van der Waals surface area contributed by atoms with E-state index in [9.17, 15) is 0 Å². The van der Waals surface area contributed by atoms with Gasteiger partial charge in [-0.15, -0.1) is 0 Å². The average Bonchev–Trinajstić information content (AvgIpc) is 3.35. The molecule has 0 amide bonds. The second-order valence-electron chi connectivity index (χ2n) is 7.44. The van der Waals surface area contributed by atoms with Crippen LogP contribution in [0.4, 0.5) is 5.69 Å². The molecule has 4 rings (SSSR count). The summed E-state index contributed by atoms with van der Waals surface area (Å²) in [6.07, 6.45) is 2.44. The lowest BCUT2D eigenvalue weighted by molar-refractivity contribution is 0.0679. The molecule has 3 aromatic carbocycles. The standard InChI is InChI=1S/C26H29NO4/c1-2-8-23(9-3-1)29-17-18-30-26-11-5-4-7-21(26)19-27-22-12-14-24(15-13-22)31-20-25-10-6-16-28-25/h1-5,7-9,11-15,25,27H,6,10,16-20H2. The number of rotatable bonds is 11. The van der Waals surface area contributed by atoms with E-state index in [1.165, 1.54) is 0 Å². The molecule has 1 saturated heterocycles. The van der Waals surface area contributed by atoms with Crippen LogP contribution >= 0.6 is 0 Å². The number of nitrogens with one attached hydrogen (secondary N) is 1. The topological polar surface area (TPSA) is 49.0 Å². The van der Waals surface area contributed by atoms with Crippen LogP contribution in [0.2, 0.25) is 0 Å². The van der Waals surface area contributed by atoms with Gasteiger partial charge in [-0.3, -0.25) is 0 Å². The van der Waals surface area contributed by atoms with Gasteiger partial charge in [-0.2, -0.15) is 0 Å². The molecule has 1 unspecified atom stereocenters. The predicted molar refractivity (Wildman–Crippen MR) is 122 cm³/mol. The number of hydrogen-bond acceptors (Lipinski definition) is 5. The van der Waals surface area contributed by atoms with Crippen molar-refractivity contribution in [3.8, 4) is 17.2 Å². The fraction of sp³-hybridized carbons (Fsp3) is 0.308. The molecule has 162 valence electrons. The van der Waals surface area contributed by atoms with Crippen LogP contribution in [0.1, 0.15) is 18.4 Å². The zero-order chi connectivity index (χ0) is 21.1. The van der Waals surface area contributed by atoms with E-state index >= 15 is 0 Å². The van der Waals surface area contributed by atoms with Gasteiger partial charge in [-0.25, -0.2) is 0 Å². The third-order valence-corrected chi connectivity index (χ3v) is 5.12. The molecule has 1 aliphatic rings. The van der Waals surface area contributed by atoms with Crippen LogP contribution in [0.25, 0.3) is 0 Å². The predicted octanol–water partition coefficient (Wildman–Crippen LogP) is 5.31. The Morgan fingerprint density at radius 3 is 2.32 bits per heavy atom. The molecule has 0 saturated carbocycles. The largest absolute Gasteiger partial charge is 0.491 e. The smallest absolute Gasteiger partial charge is 0.124 e. The van der Waals surface area contributed by atoms with Crippen LogP contribution in [0.15, 0.2) is 78.9 Å². The fourth-order valence-electron chi connectivity index (χ4n) is 3.45. The molecule has 1 heterocycles. The summed E-state index contributed by atoms with van der Waals surface area (Å²) in [6, 6.07) is 25.9. The van der Waals surface area contributed by atoms with Crippen molar-refractivity contribution in [1.29, 1.82) is 0 Å². The van der Waals surface area contributed by atoms with Crippen LogP contribution in [0, 0.1) is 0 Å². The normalized spacial score (nSPS) is 15.4. The van der Waals surface area contributed by atoms with Crippen molar-refractivity contribution < 1.29 is 18.9 Å². The van der Waals surface area contributed by atoms with Gasteiger partial charge >= 0.3 is 0 Å². The van der Waals surface area contributed by atoms with Crippen LogP contribution in [-0.2, 0) is 11.3 Å². The Kier molecular flexibility index (Phi) is 7.66. The van der Waals surface area contributed by atoms with Crippen molar-refractivity contribution in [2.45, 2.75) is 25.5 Å². The molecular formula is C26H29NO4. The maximum atomic E-state index is 5.95. The molecular weight excluding hydrogens is 390 g/mol. The van der Waals surface area contributed by atoms with Gasteiger partial charge in [0.25, 0.3) is 0 Å². The molecule has 5 nitrogen and oxygen atoms in total. The van der Waals surface area contributed by atoms with Gasteiger partial charge < -0.3 is 24.3 Å². The molecule has 31 heavy (non-hydrogen) atoms. The lowest BCUT2D eigenvalue weighted by Gasteiger charge is -2.14. The van der Waals surface area contributed by atoms with E-state index in [1.807, 2.05) is 72.8 Å². The van der Waals surface area contributed by atoms with E-state index in [-0.39, 0.29) is 6.10 Å². The second-order valence-corrected chi connectivity index (χ2v) is 7.44. The highest BCUT2D eigenvalue weighted by atomic mass is 16.5. The Balaban J connectivity index is 1.22. The van der Waals surface area contributed by atoms with Crippen LogP contribution < -0.4 is 19.5 Å². The molecule has 1 fully saturated rings. The Morgan fingerprint density at radius 1 is 0.774 bits per heavy atom. The van der Waals surface area contributed by atoms with E-state index in [0.29, 0.717) is 26.4 Å². The maximum absolute atomic E-state index is 5.95. The third-order valence-electron chi connectivity index (χ3n) is 5.12. The number of hydrogen-bond donors (Lipinski definition) is 1. The van der Waals surface area contributed by atoms with Crippen molar-refractivity contribution in [2.24, 2.45) is 0 Å². The Hall–Kier alpha value is -3.18. The minimum Gasteiger partial charge on any atom is -0.491 e. The van der Waals surface area contributed by atoms with Crippen molar-refractivity contribution in [2.75, 3.05) is 31.7 Å². The van der Waals surface area contributed by atoms with Crippen LogP contribution in [0.5, 0.6) is 17.2 Å². The van der Waals surface area contributed by atoms with Gasteiger partial charge in [0, 0.05) is 24.4 Å². The molecule has 0 spiro atoms. The van der Waals surface area contributed by atoms with Gasteiger partial charge in [0.05, 0.1) is 6.10 Å².